The topological polar surface area (TPSA) is 75.4 Å². The van der Waals surface area contributed by atoms with Crippen LogP contribution in [0.25, 0.3) is 0 Å². The average molecular weight is 266 g/mol. The molecule has 1 aromatic rings. The van der Waals surface area contributed by atoms with Crippen molar-refractivity contribution in [1.82, 2.24) is 5.32 Å². The van der Waals surface area contributed by atoms with E-state index in [1.54, 1.807) is 6.07 Å². The fourth-order valence-electron chi connectivity index (χ4n) is 2.27. The van der Waals surface area contributed by atoms with Crippen LogP contribution in [0.1, 0.15) is 33.7 Å². The molecule has 1 aromatic carbocycles. The maximum absolute atomic E-state index is 11.3. The Balaban J connectivity index is 2.40. The van der Waals surface area contributed by atoms with Crippen molar-refractivity contribution in [2.45, 2.75) is 18.6 Å². The first kappa shape index (κ1) is 13.2. The summed E-state index contributed by atoms with van der Waals surface area (Å²) in [6, 6.07) is 3.55. The van der Waals surface area contributed by atoms with E-state index >= 15 is 0 Å². The van der Waals surface area contributed by atoms with Crippen LogP contribution in [0.4, 0.5) is 0 Å². The lowest BCUT2D eigenvalue weighted by Gasteiger charge is -2.24. The van der Waals surface area contributed by atoms with Gasteiger partial charge in [-0.3, -0.25) is 4.79 Å². The lowest BCUT2D eigenvalue weighted by molar-refractivity contribution is 0.0999. The molecule has 18 heavy (non-hydrogen) atoms. The number of hydrogen-bond donors (Lipinski definition) is 3. The molecule has 1 amide bonds. The predicted molar refractivity (Wildman–Crippen MR) is 74.1 cm³/mol. The highest BCUT2D eigenvalue weighted by molar-refractivity contribution is 7.99. The first-order valence-corrected chi connectivity index (χ1v) is 7.16. The fraction of sp³-hybridized carbons (Fsp3) is 0.462. The van der Waals surface area contributed by atoms with E-state index in [0.29, 0.717) is 17.5 Å². The predicted octanol–water partition coefficient (Wildman–Crippen LogP) is 1.43. The minimum Gasteiger partial charge on any atom is -0.507 e. The second-order valence-corrected chi connectivity index (χ2v) is 5.62. The van der Waals surface area contributed by atoms with Crippen LogP contribution < -0.4 is 11.1 Å². The van der Waals surface area contributed by atoms with Crippen LogP contribution in [0.2, 0.25) is 0 Å². The second-order valence-electron chi connectivity index (χ2n) is 4.31. The molecule has 98 valence electrons. The van der Waals surface area contributed by atoms with Crippen LogP contribution in [-0.4, -0.2) is 29.9 Å². The number of rotatable bonds is 3. The summed E-state index contributed by atoms with van der Waals surface area (Å²) in [6.07, 6.45) is 0.600. The highest BCUT2D eigenvalue weighted by atomic mass is 32.2. The summed E-state index contributed by atoms with van der Waals surface area (Å²) in [7, 11) is 0. The molecular weight excluding hydrogens is 248 g/mol. The lowest BCUT2D eigenvalue weighted by atomic mass is 9.98. The van der Waals surface area contributed by atoms with E-state index in [1.165, 1.54) is 0 Å². The van der Waals surface area contributed by atoms with Gasteiger partial charge in [0.05, 0.1) is 0 Å². The third kappa shape index (κ3) is 2.47. The Morgan fingerprint density at radius 3 is 2.94 bits per heavy atom. The molecule has 0 radical (unpaired) electrons. The molecule has 1 saturated heterocycles. The number of amides is 1. The van der Waals surface area contributed by atoms with Gasteiger partial charge in [-0.05, 0) is 12.5 Å². The van der Waals surface area contributed by atoms with Crippen molar-refractivity contribution in [3.05, 3.63) is 28.8 Å². The monoisotopic (exact) mass is 266 g/mol. The van der Waals surface area contributed by atoms with Gasteiger partial charge in [0.15, 0.2) is 0 Å². The number of carbonyl (C=O) groups is 1. The van der Waals surface area contributed by atoms with Crippen molar-refractivity contribution in [2.75, 3.05) is 18.8 Å². The van der Waals surface area contributed by atoms with Crippen molar-refractivity contribution < 1.29 is 9.90 Å². The molecule has 1 unspecified atom stereocenters. The lowest BCUT2D eigenvalue weighted by Crippen LogP contribution is -2.28. The van der Waals surface area contributed by atoms with Crippen molar-refractivity contribution in [2.24, 2.45) is 5.73 Å². The Hall–Kier alpha value is -1.20. The van der Waals surface area contributed by atoms with E-state index in [2.05, 4.69) is 5.32 Å². The van der Waals surface area contributed by atoms with Gasteiger partial charge in [-0.25, -0.2) is 0 Å². The number of hydrogen-bond acceptors (Lipinski definition) is 4. The average Bonchev–Trinajstić information content (AvgIpc) is 2.39. The third-order valence-electron chi connectivity index (χ3n) is 3.21. The Morgan fingerprint density at radius 1 is 1.61 bits per heavy atom. The second kappa shape index (κ2) is 5.63. The molecule has 0 aliphatic carbocycles. The van der Waals surface area contributed by atoms with Crippen LogP contribution in [-0.2, 0) is 6.42 Å². The molecule has 4 N–H and O–H groups in total. The van der Waals surface area contributed by atoms with Crippen LogP contribution in [0.3, 0.4) is 0 Å². The van der Waals surface area contributed by atoms with Gasteiger partial charge >= 0.3 is 0 Å². The maximum atomic E-state index is 11.3. The quantitative estimate of drug-likeness (QED) is 0.773. The van der Waals surface area contributed by atoms with Crippen molar-refractivity contribution >= 4 is 17.7 Å². The fourth-order valence-corrected chi connectivity index (χ4v) is 3.42. The van der Waals surface area contributed by atoms with Gasteiger partial charge in [0.1, 0.15) is 5.75 Å². The summed E-state index contributed by atoms with van der Waals surface area (Å²) < 4.78 is 0. The standard InChI is InChI=1S/C13H18N2O2S/c1-2-8-9(13(14)17)3-4-10(12(8)16)11-7-15-5-6-18-11/h3-4,11,15-16H,2,5-7H2,1H3,(H2,14,17). The van der Waals surface area contributed by atoms with Gasteiger partial charge in [0.25, 0.3) is 0 Å². The molecule has 1 heterocycles. The number of carbonyl (C=O) groups excluding carboxylic acids is 1. The van der Waals surface area contributed by atoms with Gasteiger partial charge in [0, 0.05) is 40.8 Å². The Labute approximate surface area is 111 Å². The van der Waals surface area contributed by atoms with Crippen molar-refractivity contribution in [3.63, 3.8) is 0 Å². The van der Waals surface area contributed by atoms with E-state index in [0.717, 1.165) is 24.4 Å². The largest absolute Gasteiger partial charge is 0.507 e. The summed E-state index contributed by atoms with van der Waals surface area (Å²) in [5.41, 5.74) is 7.30. The summed E-state index contributed by atoms with van der Waals surface area (Å²) in [5.74, 6) is 0.779. The zero-order valence-corrected chi connectivity index (χ0v) is 11.2. The molecule has 2 rings (SSSR count). The number of nitrogens with two attached hydrogens (primary N) is 1. The van der Waals surface area contributed by atoms with Crippen LogP contribution >= 0.6 is 11.8 Å². The highest BCUT2D eigenvalue weighted by Gasteiger charge is 2.22. The normalized spacial score (nSPS) is 19.7. The summed E-state index contributed by atoms with van der Waals surface area (Å²) in [6.45, 7) is 3.76. The zero-order chi connectivity index (χ0) is 13.1. The number of primary amides is 1. The molecule has 0 saturated carbocycles. The molecule has 5 heteroatoms. The summed E-state index contributed by atoms with van der Waals surface area (Å²) in [4.78, 5) is 11.3. The van der Waals surface area contributed by atoms with Crippen LogP contribution in [0, 0.1) is 0 Å². The van der Waals surface area contributed by atoms with Gasteiger partial charge in [-0.1, -0.05) is 13.0 Å². The minimum atomic E-state index is -0.483. The molecule has 0 bridgehead atoms. The maximum Gasteiger partial charge on any atom is 0.249 e. The number of benzene rings is 1. The Bertz CT molecular complexity index is 457. The van der Waals surface area contributed by atoms with Gasteiger partial charge < -0.3 is 16.2 Å². The van der Waals surface area contributed by atoms with Gasteiger partial charge in [-0.15, -0.1) is 0 Å². The molecule has 1 aliphatic rings. The molecule has 1 fully saturated rings. The van der Waals surface area contributed by atoms with Crippen LogP contribution in [0.15, 0.2) is 12.1 Å². The highest BCUT2D eigenvalue weighted by Crippen LogP contribution is 2.38. The van der Waals surface area contributed by atoms with Gasteiger partial charge in [-0.2, -0.15) is 11.8 Å². The number of phenolic OH excluding ortho intramolecular Hbond substituents is 1. The number of phenols is 1. The summed E-state index contributed by atoms with van der Waals surface area (Å²) >= 11 is 1.83. The Morgan fingerprint density at radius 2 is 2.39 bits per heavy atom. The van der Waals surface area contributed by atoms with E-state index in [1.807, 2.05) is 24.8 Å². The van der Waals surface area contributed by atoms with E-state index in [9.17, 15) is 9.90 Å². The third-order valence-corrected chi connectivity index (χ3v) is 4.47. The number of thioether (sulfide) groups is 1. The van der Waals surface area contributed by atoms with Gasteiger partial charge in [0.2, 0.25) is 5.91 Å². The van der Waals surface area contributed by atoms with Crippen LogP contribution in [0.5, 0.6) is 5.75 Å². The smallest absolute Gasteiger partial charge is 0.249 e. The zero-order valence-electron chi connectivity index (χ0n) is 10.4. The molecule has 0 aromatic heterocycles. The van der Waals surface area contributed by atoms with Crippen molar-refractivity contribution in [3.8, 4) is 5.75 Å². The molecule has 1 aliphatic heterocycles. The molecular formula is C13H18N2O2S. The van der Waals surface area contributed by atoms with E-state index < -0.39 is 5.91 Å². The van der Waals surface area contributed by atoms with E-state index in [-0.39, 0.29) is 11.0 Å². The summed E-state index contributed by atoms with van der Waals surface area (Å²) in [5, 5.41) is 13.9. The molecule has 4 nitrogen and oxygen atoms in total. The SMILES string of the molecule is CCc1c(C(N)=O)ccc(C2CNCCS2)c1O. The number of nitrogens with one attached hydrogen (secondary N) is 1. The Kier molecular flexibility index (Phi) is 4.14. The molecule has 0 spiro atoms. The number of aromatic hydroxyl groups is 1. The first-order valence-electron chi connectivity index (χ1n) is 6.12. The van der Waals surface area contributed by atoms with Crippen molar-refractivity contribution in [1.29, 1.82) is 0 Å². The van der Waals surface area contributed by atoms with E-state index in [4.69, 9.17) is 5.73 Å². The minimum absolute atomic E-state index is 0.231. The first-order chi connectivity index (χ1) is 8.65. The molecule has 1 atom stereocenters.